The third-order valence-electron chi connectivity index (χ3n) is 5.01. The number of hydrogen-bond donors (Lipinski definition) is 0. The lowest BCUT2D eigenvalue weighted by molar-refractivity contribution is 0.112. The van der Waals surface area contributed by atoms with Gasteiger partial charge in [-0.3, -0.25) is 4.79 Å². The van der Waals surface area contributed by atoms with Gasteiger partial charge < -0.3 is 0 Å². The molecule has 0 spiro atoms. The molecule has 0 amide bonds. The van der Waals surface area contributed by atoms with Crippen LogP contribution >= 0.6 is 11.6 Å². The molecule has 0 heterocycles. The fourth-order valence-electron chi connectivity index (χ4n) is 3.95. The summed E-state index contributed by atoms with van der Waals surface area (Å²) in [5.74, 6) is 0. The van der Waals surface area contributed by atoms with E-state index in [0.717, 1.165) is 17.4 Å². The van der Waals surface area contributed by atoms with Gasteiger partial charge in [-0.15, -0.1) is 0 Å². The summed E-state index contributed by atoms with van der Waals surface area (Å²) < 4.78 is 0. The maximum atomic E-state index is 11.6. The zero-order chi connectivity index (χ0) is 16.9. The maximum absolute atomic E-state index is 11.6. The highest BCUT2D eigenvalue weighted by atomic mass is 35.5. The van der Waals surface area contributed by atoms with Crippen LogP contribution in [0.3, 0.4) is 0 Å². The van der Waals surface area contributed by atoms with Crippen LogP contribution in [0.4, 0.5) is 0 Å². The molecule has 0 aliphatic heterocycles. The predicted octanol–water partition coefficient (Wildman–Crippen LogP) is 6.13. The Morgan fingerprint density at radius 3 is 2.25 bits per heavy atom. The summed E-state index contributed by atoms with van der Waals surface area (Å²) in [5.41, 5.74) is 7.69. The molecule has 0 saturated heterocycles. The fraction of sp³-hybridized carbons (Fsp3) is 0.136. The minimum absolute atomic E-state index is 0.109. The van der Waals surface area contributed by atoms with Gasteiger partial charge >= 0.3 is 0 Å². The molecule has 0 fully saturated rings. The zero-order valence-electron chi connectivity index (χ0n) is 13.6. The van der Waals surface area contributed by atoms with Gasteiger partial charge in [-0.05, 0) is 45.5 Å². The van der Waals surface area contributed by atoms with Crippen LogP contribution in [-0.4, -0.2) is 6.29 Å². The summed E-state index contributed by atoms with van der Waals surface area (Å²) >= 11 is 6.07. The van der Waals surface area contributed by atoms with Gasteiger partial charge in [-0.2, -0.15) is 0 Å². The molecule has 3 aromatic rings. The van der Waals surface area contributed by atoms with Crippen LogP contribution in [0.1, 0.15) is 35.3 Å². The number of hydrogen-bond acceptors (Lipinski definition) is 1. The summed E-state index contributed by atoms with van der Waals surface area (Å²) in [7, 11) is 0. The first-order valence-corrected chi connectivity index (χ1v) is 8.40. The van der Waals surface area contributed by atoms with Gasteiger partial charge in [0.1, 0.15) is 0 Å². The van der Waals surface area contributed by atoms with Crippen molar-refractivity contribution in [3.63, 3.8) is 0 Å². The van der Waals surface area contributed by atoms with Gasteiger partial charge in [0.05, 0.1) is 0 Å². The van der Waals surface area contributed by atoms with E-state index in [4.69, 9.17) is 11.6 Å². The summed E-state index contributed by atoms with van der Waals surface area (Å²) in [6.07, 6.45) is 0.885. The van der Waals surface area contributed by atoms with Gasteiger partial charge in [0, 0.05) is 16.0 Å². The first-order chi connectivity index (χ1) is 11.5. The second-order valence-corrected chi connectivity index (χ2v) is 7.18. The van der Waals surface area contributed by atoms with E-state index in [0.29, 0.717) is 10.6 Å². The number of carbonyl (C=O) groups excluding carboxylic acids is 1. The maximum Gasteiger partial charge on any atom is 0.150 e. The molecule has 0 bridgehead atoms. The quantitative estimate of drug-likeness (QED) is 0.516. The average Bonchev–Trinajstić information content (AvgIpc) is 2.83. The lowest BCUT2D eigenvalue weighted by Crippen LogP contribution is -2.16. The van der Waals surface area contributed by atoms with Gasteiger partial charge in [-0.1, -0.05) is 74.0 Å². The number of aldehydes is 1. The molecule has 0 unspecified atom stereocenters. The van der Waals surface area contributed by atoms with Crippen molar-refractivity contribution in [2.75, 3.05) is 0 Å². The van der Waals surface area contributed by atoms with Crippen molar-refractivity contribution in [3.8, 4) is 22.3 Å². The molecule has 1 aliphatic rings. The number of halogens is 1. The summed E-state index contributed by atoms with van der Waals surface area (Å²) in [4.78, 5) is 11.6. The second-order valence-electron chi connectivity index (χ2n) is 6.75. The van der Waals surface area contributed by atoms with Crippen molar-refractivity contribution >= 4 is 17.9 Å². The van der Waals surface area contributed by atoms with Crippen LogP contribution < -0.4 is 0 Å². The van der Waals surface area contributed by atoms with Gasteiger partial charge in [-0.25, -0.2) is 0 Å². The predicted molar refractivity (Wildman–Crippen MR) is 99.8 cm³/mol. The van der Waals surface area contributed by atoms with E-state index in [-0.39, 0.29) is 5.41 Å². The highest BCUT2D eigenvalue weighted by Crippen LogP contribution is 2.52. The molecule has 0 radical (unpaired) electrons. The average molecular weight is 333 g/mol. The summed E-state index contributed by atoms with van der Waals surface area (Å²) in [6, 6.07) is 20.4. The molecule has 0 saturated carbocycles. The zero-order valence-corrected chi connectivity index (χ0v) is 14.4. The van der Waals surface area contributed by atoms with Crippen LogP contribution in [0.2, 0.25) is 5.02 Å². The van der Waals surface area contributed by atoms with Crippen LogP contribution in [0.5, 0.6) is 0 Å². The number of benzene rings is 3. The van der Waals surface area contributed by atoms with Crippen LogP contribution in [-0.2, 0) is 5.41 Å². The topological polar surface area (TPSA) is 17.1 Å². The Kier molecular flexibility index (Phi) is 3.36. The molecule has 118 valence electrons. The van der Waals surface area contributed by atoms with E-state index in [1.54, 1.807) is 6.07 Å². The van der Waals surface area contributed by atoms with E-state index in [2.05, 4.69) is 56.3 Å². The van der Waals surface area contributed by atoms with E-state index in [1.165, 1.54) is 22.3 Å². The van der Waals surface area contributed by atoms with Crippen molar-refractivity contribution in [2.45, 2.75) is 19.3 Å². The summed E-state index contributed by atoms with van der Waals surface area (Å²) in [5, 5.41) is 0.580. The molecule has 1 nitrogen and oxygen atoms in total. The molecular weight excluding hydrogens is 316 g/mol. The van der Waals surface area contributed by atoms with Crippen molar-refractivity contribution in [2.24, 2.45) is 0 Å². The Morgan fingerprint density at radius 1 is 0.833 bits per heavy atom. The Labute approximate surface area is 146 Å². The second kappa shape index (κ2) is 5.32. The van der Waals surface area contributed by atoms with Gasteiger partial charge in [0.25, 0.3) is 0 Å². The van der Waals surface area contributed by atoms with Crippen molar-refractivity contribution in [1.29, 1.82) is 0 Å². The Bertz CT molecular complexity index is 969. The Morgan fingerprint density at radius 2 is 1.50 bits per heavy atom. The molecule has 1 aliphatic carbocycles. The van der Waals surface area contributed by atoms with Crippen molar-refractivity contribution in [1.82, 2.24) is 0 Å². The van der Waals surface area contributed by atoms with E-state index >= 15 is 0 Å². The van der Waals surface area contributed by atoms with Crippen LogP contribution in [0.15, 0.2) is 60.7 Å². The minimum atomic E-state index is -0.109. The summed E-state index contributed by atoms with van der Waals surface area (Å²) in [6.45, 7) is 4.50. The largest absolute Gasteiger partial charge is 0.298 e. The monoisotopic (exact) mass is 332 g/mol. The Balaban J connectivity index is 2.05. The van der Waals surface area contributed by atoms with E-state index < -0.39 is 0 Å². The smallest absolute Gasteiger partial charge is 0.150 e. The molecule has 0 N–H and O–H groups in total. The van der Waals surface area contributed by atoms with Crippen LogP contribution in [0, 0.1) is 0 Å². The Hall–Kier alpha value is -2.38. The van der Waals surface area contributed by atoms with Crippen molar-refractivity contribution < 1.29 is 4.79 Å². The molecular formula is C22H17ClO. The minimum Gasteiger partial charge on any atom is -0.298 e. The standard InChI is InChI=1S/C22H17ClO/c1-22(2)20-9-4-3-6-17(20)19-8-5-7-18(21(19)22)16-11-10-15(23)12-14(16)13-24/h3-13H,1-2H3. The highest BCUT2D eigenvalue weighted by molar-refractivity contribution is 6.31. The van der Waals surface area contributed by atoms with Gasteiger partial charge in [0.2, 0.25) is 0 Å². The van der Waals surface area contributed by atoms with Crippen molar-refractivity contribution in [3.05, 3.63) is 82.4 Å². The number of carbonyl (C=O) groups is 1. The highest BCUT2D eigenvalue weighted by Gasteiger charge is 2.37. The number of fused-ring (bicyclic) bond motifs is 3. The third kappa shape index (κ3) is 2.05. The molecule has 0 atom stereocenters. The number of rotatable bonds is 2. The first kappa shape index (κ1) is 15.2. The molecule has 2 heteroatoms. The molecule has 3 aromatic carbocycles. The molecule has 0 aromatic heterocycles. The van der Waals surface area contributed by atoms with Crippen LogP contribution in [0.25, 0.3) is 22.3 Å². The lowest BCUT2D eigenvalue weighted by atomic mass is 9.78. The third-order valence-corrected chi connectivity index (χ3v) is 5.25. The van der Waals surface area contributed by atoms with E-state index in [9.17, 15) is 4.79 Å². The first-order valence-electron chi connectivity index (χ1n) is 8.02. The fourth-order valence-corrected chi connectivity index (χ4v) is 4.13. The van der Waals surface area contributed by atoms with Gasteiger partial charge in [0.15, 0.2) is 6.29 Å². The molecule has 4 rings (SSSR count). The molecule has 24 heavy (non-hydrogen) atoms. The SMILES string of the molecule is CC1(C)c2ccccc2-c2cccc(-c3ccc(Cl)cc3C=O)c21. The normalized spacial score (nSPS) is 14.1. The lowest BCUT2D eigenvalue weighted by Gasteiger charge is -2.25. The van der Waals surface area contributed by atoms with E-state index in [1.807, 2.05) is 12.1 Å².